The van der Waals surface area contributed by atoms with Gasteiger partial charge in [-0.15, -0.1) is 11.3 Å². The molecule has 1 aromatic carbocycles. The van der Waals surface area contributed by atoms with Crippen LogP contribution in [0.3, 0.4) is 0 Å². The van der Waals surface area contributed by atoms with Crippen LogP contribution in [-0.2, 0) is 0 Å². The molecule has 0 atom stereocenters. The normalized spacial score (nSPS) is 17.7. The van der Waals surface area contributed by atoms with Crippen molar-refractivity contribution in [3.8, 4) is 10.6 Å². The van der Waals surface area contributed by atoms with Gasteiger partial charge in [-0.25, -0.2) is 9.78 Å². The molecule has 148 valence electrons. The number of carbonyl (C=O) groups excluding carboxylic acids is 2. The van der Waals surface area contributed by atoms with Crippen LogP contribution in [0.5, 0.6) is 0 Å². The number of aryl methyl sites for hydroxylation is 1. The topological polar surface area (TPSA) is 56.8 Å². The molecule has 2 fully saturated rings. The van der Waals surface area contributed by atoms with Crippen LogP contribution >= 0.6 is 11.3 Å². The average molecular weight is 399 g/mol. The molecule has 0 N–H and O–H groups in total. The maximum Gasteiger partial charge on any atom is 0.320 e. The second-order valence-corrected chi connectivity index (χ2v) is 8.37. The molecule has 0 bridgehead atoms. The van der Waals surface area contributed by atoms with E-state index in [2.05, 4.69) is 24.0 Å². The zero-order valence-corrected chi connectivity index (χ0v) is 17.1. The van der Waals surface area contributed by atoms with E-state index in [-0.39, 0.29) is 11.9 Å². The molecule has 28 heavy (non-hydrogen) atoms. The number of urea groups is 1. The summed E-state index contributed by atoms with van der Waals surface area (Å²) in [6.07, 6.45) is 3.40. The summed E-state index contributed by atoms with van der Waals surface area (Å²) in [5.74, 6) is -0.0420. The Morgan fingerprint density at radius 3 is 2.14 bits per heavy atom. The van der Waals surface area contributed by atoms with Gasteiger partial charge >= 0.3 is 6.03 Å². The monoisotopic (exact) mass is 398 g/mol. The minimum Gasteiger partial charge on any atom is -0.334 e. The lowest BCUT2D eigenvalue weighted by atomic mass is 10.1. The Balaban J connectivity index is 1.35. The number of hydrogen-bond donors (Lipinski definition) is 0. The highest BCUT2D eigenvalue weighted by Gasteiger charge is 2.29. The van der Waals surface area contributed by atoms with Crippen LogP contribution in [0.15, 0.2) is 29.6 Å². The van der Waals surface area contributed by atoms with Crippen molar-refractivity contribution in [2.75, 3.05) is 39.3 Å². The number of rotatable bonds is 2. The van der Waals surface area contributed by atoms with Gasteiger partial charge in [0.1, 0.15) is 10.7 Å². The predicted molar refractivity (Wildman–Crippen MR) is 111 cm³/mol. The lowest BCUT2D eigenvalue weighted by Crippen LogP contribution is -2.54. The standard InChI is InChI=1S/C21H26N4O2S/c1-16-5-7-17(8-6-16)19-22-18(15-28-19)20(26)23-11-13-25(14-12-23)21(27)24-9-3-2-4-10-24/h5-8,15H,2-4,9-14H2,1H3. The molecule has 0 aliphatic carbocycles. The molecule has 0 spiro atoms. The Kier molecular flexibility index (Phi) is 5.62. The SMILES string of the molecule is Cc1ccc(-c2nc(C(=O)N3CCN(C(=O)N4CCCCC4)CC3)cs2)cc1. The van der Waals surface area contributed by atoms with Crippen LogP contribution in [0.1, 0.15) is 35.3 Å². The lowest BCUT2D eigenvalue weighted by Gasteiger charge is -2.38. The molecule has 2 aliphatic heterocycles. The summed E-state index contributed by atoms with van der Waals surface area (Å²) in [6.45, 7) is 6.09. The van der Waals surface area contributed by atoms with Crippen LogP contribution in [0.2, 0.25) is 0 Å². The molecule has 0 saturated carbocycles. The fourth-order valence-electron chi connectivity index (χ4n) is 3.75. The second-order valence-electron chi connectivity index (χ2n) is 7.51. The van der Waals surface area contributed by atoms with Gasteiger partial charge in [-0.05, 0) is 26.2 Å². The summed E-state index contributed by atoms with van der Waals surface area (Å²) in [4.78, 5) is 35.7. The molecule has 3 heterocycles. The third-order valence-corrected chi connectivity index (χ3v) is 6.38. The summed E-state index contributed by atoms with van der Waals surface area (Å²) < 4.78 is 0. The zero-order valence-electron chi connectivity index (χ0n) is 16.3. The second kappa shape index (κ2) is 8.31. The largest absolute Gasteiger partial charge is 0.334 e. The molecule has 0 unspecified atom stereocenters. The Morgan fingerprint density at radius 2 is 1.46 bits per heavy atom. The number of likely N-dealkylation sites (tertiary alicyclic amines) is 1. The van der Waals surface area contributed by atoms with Gasteiger partial charge in [-0.3, -0.25) is 4.79 Å². The van der Waals surface area contributed by atoms with Gasteiger partial charge in [0.25, 0.3) is 5.91 Å². The van der Waals surface area contributed by atoms with Gasteiger partial charge in [-0.2, -0.15) is 0 Å². The predicted octanol–water partition coefficient (Wildman–Crippen LogP) is 3.48. The van der Waals surface area contributed by atoms with Crippen molar-refractivity contribution >= 4 is 23.3 Å². The Bertz CT molecular complexity index is 834. The summed E-state index contributed by atoms with van der Waals surface area (Å²) in [5, 5.41) is 2.70. The number of carbonyl (C=O) groups is 2. The van der Waals surface area contributed by atoms with Crippen molar-refractivity contribution in [2.45, 2.75) is 26.2 Å². The highest BCUT2D eigenvalue weighted by molar-refractivity contribution is 7.13. The number of hydrogen-bond acceptors (Lipinski definition) is 4. The van der Waals surface area contributed by atoms with Gasteiger partial charge in [0.2, 0.25) is 0 Å². The smallest absolute Gasteiger partial charge is 0.320 e. The lowest BCUT2D eigenvalue weighted by molar-refractivity contribution is 0.0628. The summed E-state index contributed by atoms with van der Waals surface area (Å²) >= 11 is 1.50. The van der Waals surface area contributed by atoms with Crippen molar-refractivity contribution in [1.29, 1.82) is 0 Å². The number of piperidine rings is 1. The van der Waals surface area contributed by atoms with E-state index < -0.39 is 0 Å². The highest BCUT2D eigenvalue weighted by atomic mass is 32.1. The van der Waals surface area contributed by atoms with Crippen molar-refractivity contribution in [3.05, 3.63) is 40.9 Å². The van der Waals surface area contributed by atoms with E-state index in [4.69, 9.17) is 0 Å². The molecular formula is C21H26N4O2S. The van der Waals surface area contributed by atoms with E-state index in [9.17, 15) is 9.59 Å². The van der Waals surface area contributed by atoms with Crippen molar-refractivity contribution in [1.82, 2.24) is 19.7 Å². The Morgan fingerprint density at radius 1 is 0.857 bits per heavy atom. The molecule has 6 nitrogen and oxygen atoms in total. The Hall–Kier alpha value is -2.41. The molecule has 3 amide bonds. The van der Waals surface area contributed by atoms with Gasteiger partial charge in [0.15, 0.2) is 0 Å². The van der Waals surface area contributed by atoms with Crippen LogP contribution in [0.4, 0.5) is 4.79 Å². The number of amides is 3. The fourth-order valence-corrected chi connectivity index (χ4v) is 4.55. The zero-order chi connectivity index (χ0) is 19.5. The number of benzene rings is 1. The van der Waals surface area contributed by atoms with Crippen LogP contribution in [0, 0.1) is 6.92 Å². The van der Waals surface area contributed by atoms with Gasteiger partial charge in [-0.1, -0.05) is 29.8 Å². The van der Waals surface area contributed by atoms with Gasteiger partial charge < -0.3 is 14.7 Å². The average Bonchev–Trinajstić information content (AvgIpc) is 3.24. The van der Waals surface area contributed by atoms with E-state index in [1.54, 1.807) is 0 Å². The first kappa shape index (κ1) is 18.9. The summed E-state index contributed by atoms with van der Waals surface area (Å²) in [7, 11) is 0. The van der Waals surface area contributed by atoms with Crippen molar-refractivity contribution in [2.24, 2.45) is 0 Å². The van der Waals surface area contributed by atoms with Crippen LogP contribution in [-0.4, -0.2) is 70.9 Å². The molecular weight excluding hydrogens is 372 g/mol. The molecule has 2 aliphatic rings. The number of piperazine rings is 1. The summed E-state index contributed by atoms with van der Waals surface area (Å²) in [6, 6.07) is 8.30. The van der Waals surface area contributed by atoms with E-state index >= 15 is 0 Å². The Labute approximate surface area is 169 Å². The molecule has 2 aromatic rings. The van der Waals surface area contributed by atoms with Crippen molar-refractivity contribution in [3.63, 3.8) is 0 Å². The first-order valence-electron chi connectivity index (χ1n) is 9.97. The van der Waals surface area contributed by atoms with Gasteiger partial charge in [0, 0.05) is 50.2 Å². The third kappa shape index (κ3) is 4.04. The minimum atomic E-state index is -0.0420. The maximum atomic E-state index is 12.8. The molecule has 2 saturated heterocycles. The van der Waals surface area contributed by atoms with Crippen LogP contribution < -0.4 is 0 Å². The maximum absolute atomic E-state index is 12.8. The highest BCUT2D eigenvalue weighted by Crippen LogP contribution is 2.25. The molecule has 1 aromatic heterocycles. The number of thiazole rings is 1. The molecule has 7 heteroatoms. The van der Waals surface area contributed by atoms with E-state index in [0.29, 0.717) is 31.9 Å². The number of nitrogens with zero attached hydrogens (tertiary/aromatic N) is 4. The quantitative estimate of drug-likeness (QED) is 0.778. The first-order chi connectivity index (χ1) is 13.6. The molecule has 0 radical (unpaired) electrons. The molecule has 4 rings (SSSR count). The minimum absolute atomic E-state index is 0.0420. The van der Waals surface area contributed by atoms with E-state index in [1.807, 2.05) is 32.2 Å². The van der Waals surface area contributed by atoms with E-state index in [0.717, 1.165) is 36.5 Å². The van der Waals surface area contributed by atoms with Crippen LogP contribution in [0.25, 0.3) is 10.6 Å². The van der Waals surface area contributed by atoms with E-state index in [1.165, 1.54) is 23.3 Å². The summed E-state index contributed by atoms with van der Waals surface area (Å²) in [5.41, 5.74) is 2.73. The van der Waals surface area contributed by atoms with Gasteiger partial charge in [0.05, 0.1) is 0 Å². The first-order valence-corrected chi connectivity index (χ1v) is 10.9. The van der Waals surface area contributed by atoms with Crippen molar-refractivity contribution < 1.29 is 9.59 Å². The third-order valence-electron chi connectivity index (χ3n) is 5.49. The fraction of sp³-hybridized carbons (Fsp3) is 0.476. The number of aromatic nitrogens is 1.